The van der Waals surface area contributed by atoms with E-state index in [0.717, 1.165) is 38.1 Å². The predicted molar refractivity (Wildman–Crippen MR) is 88.0 cm³/mol. The molecular weight excluding hydrogens is 300 g/mol. The van der Waals surface area contributed by atoms with Gasteiger partial charge in [0.05, 0.1) is 11.8 Å². The maximum Gasteiger partial charge on any atom is 0.255 e. The molecule has 1 aromatic rings. The van der Waals surface area contributed by atoms with E-state index in [1.165, 1.54) is 12.5 Å². The highest BCUT2D eigenvalue weighted by atomic mass is 32.2. The van der Waals surface area contributed by atoms with Crippen LogP contribution in [-0.2, 0) is 4.79 Å². The van der Waals surface area contributed by atoms with Crippen LogP contribution in [0.2, 0.25) is 0 Å². The number of rotatable bonds is 5. The van der Waals surface area contributed by atoms with E-state index < -0.39 is 6.04 Å². The van der Waals surface area contributed by atoms with Crippen molar-refractivity contribution in [2.24, 2.45) is 0 Å². The van der Waals surface area contributed by atoms with Gasteiger partial charge >= 0.3 is 0 Å². The molecule has 2 atom stereocenters. The monoisotopic (exact) mass is 324 g/mol. The summed E-state index contributed by atoms with van der Waals surface area (Å²) in [4.78, 5) is 26.5. The Labute approximate surface area is 135 Å². The Bertz CT molecular complexity index is 490. The minimum atomic E-state index is -0.521. The van der Waals surface area contributed by atoms with Gasteiger partial charge in [0.25, 0.3) is 5.91 Å². The van der Waals surface area contributed by atoms with E-state index in [4.69, 9.17) is 4.42 Å². The number of thioether (sulfide) groups is 1. The second-order valence-corrected chi connectivity index (χ2v) is 7.14. The van der Waals surface area contributed by atoms with Gasteiger partial charge in [-0.05, 0) is 31.6 Å². The van der Waals surface area contributed by atoms with Gasteiger partial charge in [-0.3, -0.25) is 9.59 Å². The normalized spacial score (nSPS) is 20.3. The molecule has 2 amide bonds. The molecule has 2 heterocycles. The molecule has 1 N–H and O–H groups in total. The van der Waals surface area contributed by atoms with Crippen molar-refractivity contribution in [2.45, 2.75) is 44.4 Å². The van der Waals surface area contributed by atoms with Crippen molar-refractivity contribution in [3.05, 3.63) is 24.2 Å². The molecule has 0 aromatic carbocycles. The zero-order chi connectivity index (χ0) is 15.9. The zero-order valence-electron chi connectivity index (χ0n) is 13.2. The van der Waals surface area contributed by atoms with Crippen LogP contribution >= 0.6 is 11.8 Å². The first-order valence-electron chi connectivity index (χ1n) is 7.85. The highest BCUT2D eigenvalue weighted by molar-refractivity contribution is 7.99. The van der Waals surface area contributed by atoms with Crippen LogP contribution in [0.15, 0.2) is 23.0 Å². The van der Waals surface area contributed by atoms with Crippen LogP contribution in [0.3, 0.4) is 0 Å². The first-order chi connectivity index (χ1) is 10.6. The van der Waals surface area contributed by atoms with Crippen LogP contribution in [0.1, 0.15) is 43.5 Å². The number of carbonyl (C=O) groups is 2. The van der Waals surface area contributed by atoms with Crippen molar-refractivity contribution < 1.29 is 14.0 Å². The maximum atomic E-state index is 12.6. The van der Waals surface area contributed by atoms with Crippen LogP contribution < -0.4 is 5.32 Å². The van der Waals surface area contributed by atoms with Gasteiger partial charge < -0.3 is 14.6 Å². The van der Waals surface area contributed by atoms with Gasteiger partial charge in [0.1, 0.15) is 12.3 Å². The number of carbonyl (C=O) groups excluding carboxylic acids is 2. The summed E-state index contributed by atoms with van der Waals surface area (Å²) in [6, 6.07) is 1.07. The van der Waals surface area contributed by atoms with Crippen molar-refractivity contribution >= 4 is 23.6 Å². The number of furan rings is 1. The van der Waals surface area contributed by atoms with Crippen molar-refractivity contribution in [1.29, 1.82) is 0 Å². The summed E-state index contributed by atoms with van der Waals surface area (Å²) in [5.74, 6) is 0.795. The molecule has 1 aliphatic rings. The van der Waals surface area contributed by atoms with Crippen LogP contribution in [0.4, 0.5) is 0 Å². The minimum absolute atomic E-state index is 0.000415. The van der Waals surface area contributed by atoms with Gasteiger partial charge in [0.2, 0.25) is 5.91 Å². The first kappa shape index (κ1) is 16.9. The van der Waals surface area contributed by atoms with Crippen LogP contribution in [0.25, 0.3) is 0 Å². The Morgan fingerprint density at radius 1 is 1.50 bits per heavy atom. The third-order valence-electron chi connectivity index (χ3n) is 3.84. The van der Waals surface area contributed by atoms with E-state index in [2.05, 4.69) is 12.2 Å². The number of hydrogen-bond acceptors (Lipinski definition) is 4. The Balaban J connectivity index is 1.92. The molecule has 0 saturated carbocycles. The summed E-state index contributed by atoms with van der Waals surface area (Å²) in [5, 5.41) is 3.26. The van der Waals surface area contributed by atoms with E-state index in [1.54, 1.807) is 13.0 Å². The van der Waals surface area contributed by atoms with Crippen LogP contribution in [-0.4, -0.2) is 46.8 Å². The molecule has 2 rings (SSSR count). The van der Waals surface area contributed by atoms with Gasteiger partial charge in [-0.2, -0.15) is 11.8 Å². The number of likely N-dealkylation sites (tertiary alicyclic amines) is 1. The Hall–Kier alpha value is -1.43. The van der Waals surface area contributed by atoms with E-state index in [0.29, 0.717) is 10.8 Å². The maximum absolute atomic E-state index is 12.6. The van der Waals surface area contributed by atoms with Crippen molar-refractivity contribution in [1.82, 2.24) is 10.2 Å². The molecule has 0 radical (unpaired) electrons. The van der Waals surface area contributed by atoms with Crippen LogP contribution in [0, 0.1) is 0 Å². The molecule has 122 valence electrons. The predicted octanol–water partition coefficient (Wildman–Crippen LogP) is 2.53. The average molecular weight is 324 g/mol. The summed E-state index contributed by atoms with van der Waals surface area (Å²) in [7, 11) is 0. The number of amides is 2. The smallest absolute Gasteiger partial charge is 0.255 e. The molecular formula is C16H24N2O3S. The number of hydrogen-bond donors (Lipinski definition) is 1. The van der Waals surface area contributed by atoms with Gasteiger partial charge in [-0.15, -0.1) is 0 Å². The second-order valence-electron chi connectivity index (χ2n) is 5.56. The van der Waals surface area contributed by atoms with Gasteiger partial charge in [-0.1, -0.05) is 13.3 Å². The van der Waals surface area contributed by atoms with Gasteiger partial charge in [0.15, 0.2) is 0 Å². The van der Waals surface area contributed by atoms with E-state index >= 15 is 0 Å². The third kappa shape index (κ3) is 4.53. The Kier molecular flexibility index (Phi) is 6.36. The molecule has 1 saturated heterocycles. The largest absolute Gasteiger partial charge is 0.472 e. The Morgan fingerprint density at radius 3 is 3.00 bits per heavy atom. The fourth-order valence-corrected chi connectivity index (χ4v) is 3.77. The SMILES string of the molecule is CCSC1CCCCN(C(=O)C(C)NC(=O)c2ccoc2)C1. The molecule has 2 unspecified atom stereocenters. The standard InChI is InChI=1S/C16H24N2O3S/c1-3-22-14-6-4-5-8-18(10-14)16(20)12(2)17-15(19)13-7-9-21-11-13/h7,9,11-12,14H,3-6,8,10H2,1-2H3,(H,17,19). The molecule has 1 aromatic heterocycles. The first-order valence-corrected chi connectivity index (χ1v) is 8.90. The van der Waals surface area contributed by atoms with E-state index in [9.17, 15) is 9.59 Å². The highest BCUT2D eigenvalue weighted by Crippen LogP contribution is 2.22. The summed E-state index contributed by atoms with van der Waals surface area (Å²) in [6.45, 7) is 5.46. The third-order valence-corrected chi connectivity index (χ3v) is 5.03. The van der Waals surface area contributed by atoms with Crippen LogP contribution in [0.5, 0.6) is 0 Å². The quantitative estimate of drug-likeness (QED) is 0.904. The molecule has 6 heteroatoms. The van der Waals surface area contributed by atoms with Gasteiger partial charge in [-0.25, -0.2) is 0 Å². The fraction of sp³-hybridized carbons (Fsp3) is 0.625. The summed E-state index contributed by atoms with van der Waals surface area (Å²) in [5.41, 5.74) is 0.440. The molecule has 0 spiro atoms. The average Bonchev–Trinajstić information content (AvgIpc) is 2.94. The summed E-state index contributed by atoms with van der Waals surface area (Å²) >= 11 is 1.92. The zero-order valence-corrected chi connectivity index (χ0v) is 14.0. The fourth-order valence-electron chi connectivity index (χ4n) is 2.68. The lowest BCUT2D eigenvalue weighted by Crippen LogP contribution is -2.48. The number of nitrogens with one attached hydrogen (secondary N) is 1. The highest BCUT2D eigenvalue weighted by Gasteiger charge is 2.26. The molecule has 0 bridgehead atoms. The molecule has 0 aliphatic carbocycles. The molecule has 1 fully saturated rings. The van der Waals surface area contributed by atoms with E-state index in [-0.39, 0.29) is 11.8 Å². The Morgan fingerprint density at radius 2 is 2.32 bits per heavy atom. The summed E-state index contributed by atoms with van der Waals surface area (Å²) < 4.78 is 4.89. The minimum Gasteiger partial charge on any atom is -0.472 e. The van der Waals surface area contributed by atoms with E-state index in [1.807, 2.05) is 16.7 Å². The lowest BCUT2D eigenvalue weighted by atomic mass is 10.2. The number of nitrogens with zero attached hydrogens (tertiary/aromatic N) is 1. The van der Waals surface area contributed by atoms with Crippen molar-refractivity contribution in [3.63, 3.8) is 0 Å². The topological polar surface area (TPSA) is 62.6 Å². The lowest BCUT2D eigenvalue weighted by Gasteiger charge is -2.27. The summed E-state index contributed by atoms with van der Waals surface area (Å²) in [6.07, 6.45) is 6.19. The lowest BCUT2D eigenvalue weighted by molar-refractivity contribution is -0.132. The molecule has 5 nitrogen and oxygen atoms in total. The van der Waals surface area contributed by atoms with Crippen molar-refractivity contribution in [3.8, 4) is 0 Å². The van der Waals surface area contributed by atoms with Crippen molar-refractivity contribution in [2.75, 3.05) is 18.8 Å². The second kappa shape index (κ2) is 8.27. The molecule has 22 heavy (non-hydrogen) atoms. The molecule has 1 aliphatic heterocycles. The van der Waals surface area contributed by atoms with Gasteiger partial charge in [0, 0.05) is 18.3 Å².